The molecule has 8 heteroatoms. The molecule has 2 N–H and O–H groups in total. The summed E-state index contributed by atoms with van der Waals surface area (Å²) in [5, 5.41) is 6.25. The van der Waals surface area contributed by atoms with Crippen molar-refractivity contribution in [1.82, 2.24) is 9.97 Å². The van der Waals surface area contributed by atoms with Crippen LogP contribution in [0.2, 0.25) is 0 Å². The molecule has 1 saturated heterocycles. The van der Waals surface area contributed by atoms with Crippen LogP contribution in [0, 0.1) is 12.8 Å². The normalized spacial score (nSPS) is 18.3. The lowest BCUT2D eigenvalue weighted by Gasteiger charge is -2.23. The van der Waals surface area contributed by atoms with Crippen LogP contribution >= 0.6 is 11.3 Å². The van der Waals surface area contributed by atoms with Gasteiger partial charge in [0, 0.05) is 27.5 Å². The molecular weight excluding hydrogens is 378 g/mol. The van der Waals surface area contributed by atoms with Gasteiger partial charge in [0.1, 0.15) is 11.4 Å². The number of amides is 1. The van der Waals surface area contributed by atoms with Crippen molar-refractivity contribution in [1.29, 1.82) is 0 Å². The Bertz CT molecular complexity index is 1080. The van der Waals surface area contributed by atoms with Crippen molar-refractivity contribution in [2.45, 2.75) is 32.8 Å². The van der Waals surface area contributed by atoms with Gasteiger partial charge in [-0.3, -0.25) is 9.59 Å². The smallest absolute Gasteiger partial charge is 0.307 e. The molecule has 0 aliphatic carbocycles. The van der Waals surface area contributed by atoms with E-state index in [1.54, 1.807) is 21.0 Å². The molecule has 0 bridgehead atoms. The number of esters is 1. The molecule has 0 spiro atoms. The second-order valence-electron chi connectivity index (χ2n) is 7.40. The highest BCUT2D eigenvalue weighted by molar-refractivity contribution is 7.14. The predicted molar refractivity (Wildman–Crippen MR) is 108 cm³/mol. The van der Waals surface area contributed by atoms with Gasteiger partial charge in [0.2, 0.25) is 5.91 Å². The van der Waals surface area contributed by atoms with Gasteiger partial charge in [-0.15, -0.1) is 11.3 Å². The summed E-state index contributed by atoms with van der Waals surface area (Å²) in [5.41, 5.74) is 2.92. The van der Waals surface area contributed by atoms with E-state index in [-0.39, 0.29) is 18.3 Å². The van der Waals surface area contributed by atoms with Gasteiger partial charge in [-0.25, -0.2) is 4.98 Å². The minimum absolute atomic E-state index is 0.0818. The zero-order valence-electron chi connectivity index (χ0n) is 16.1. The Kier molecular flexibility index (Phi) is 4.38. The summed E-state index contributed by atoms with van der Waals surface area (Å²) in [6, 6.07) is 5.84. The van der Waals surface area contributed by atoms with Gasteiger partial charge in [-0.05, 0) is 39.0 Å². The van der Waals surface area contributed by atoms with Gasteiger partial charge in [0.25, 0.3) is 0 Å². The second kappa shape index (κ2) is 6.63. The first-order valence-corrected chi connectivity index (χ1v) is 9.81. The van der Waals surface area contributed by atoms with E-state index in [9.17, 15) is 9.59 Å². The number of aromatic nitrogens is 2. The number of cyclic esters (lactones) is 1. The molecule has 3 aromatic rings. The lowest BCUT2D eigenvalue weighted by molar-refractivity contribution is -0.147. The second-order valence-corrected chi connectivity index (χ2v) is 8.26. The highest BCUT2D eigenvalue weighted by Crippen LogP contribution is 2.37. The number of carbonyl (C=O) groups is 2. The van der Waals surface area contributed by atoms with E-state index in [0.717, 1.165) is 33.6 Å². The average Bonchev–Trinajstić information content (AvgIpc) is 3.28. The van der Waals surface area contributed by atoms with E-state index in [2.05, 4.69) is 15.3 Å². The quantitative estimate of drug-likeness (QED) is 0.649. The summed E-state index contributed by atoms with van der Waals surface area (Å²) in [6.07, 6.45) is 0.0818. The lowest BCUT2D eigenvalue weighted by atomic mass is 9.90. The Morgan fingerprint density at radius 1 is 1.43 bits per heavy atom. The Morgan fingerprint density at radius 3 is 2.89 bits per heavy atom. The average molecular weight is 399 g/mol. The molecule has 146 valence electrons. The fourth-order valence-corrected chi connectivity index (χ4v) is 4.33. The summed E-state index contributed by atoms with van der Waals surface area (Å²) in [7, 11) is 1.63. The third kappa shape index (κ3) is 3.13. The molecule has 1 aliphatic heterocycles. The number of nitrogens with one attached hydrogen (secondary N) is 2. The first-order valence-electron chi connectivity index (χ1n) is 8.93. The fourth-order valence-electron chi connectivity index (χ4n) is 3.63. The van der Waals surface area contributed by atoms with E-state index in [1.165, 1.54) is 11.3 Å². The first kappa shape index (κ1) is 18.5. The minimum atomic E-state index is -0.814. The SMILES string of the molecule is COc1ccc2[nH]c(C)c(-c3csc(NC(=O)C4CC(=O)OC4(C)C)n3)c2c1. The van der Waals surface area contributed by atoms with E-state index >= 15 is 0 Å². The van der Waals surface area contributed by atoms with Gasteiger partial charge in [0.15, 0.2) is 5.13 Å². The predicted octanol–water partition coefficient (Wildman–Crippen LogP) is 3.89. The molecule has 1 aromatic carbocycles. The Hall–Kier alpha value is -2.87. The van der Waals surface area contributed by atoms with E-state index in [1.807, 2.05) is 30.5 Å². The summed E-state index contributed by atoms with van der Waals surface area (Å²) >= 11 is 1.35. The maximum atomic E-state index is 12.6. The fraction of sp³-hybridized carbons (Fsp3) is 0.350. The molecule has 1 aliphatic rings. The number of hydrogen-bond donors (Lipinski definition) is 2. The number of rotatable bonds is 4. The van der Waals surface area contributed by atoms with Crippen molar-refractivity contribution in [2.75, 3.05) is 12.4 Å². The molecule has 3 heterocycles. The van der Waals surface area contributed by atoms with E-state index in [0.29, 0.717) is 5.13 Å². The third-order valence-electron chi connectivity index (χ3n) is 5.09. The van der Waals surface area contributed by atoms with Crippen LogP contribution in [0.25, 0.3) is 22.2 Å². The largest absolute Gasteiger partial charge is 0.497 e. The standard InChI is InChI=1S/C20H21N3O4S/c1-10-17(12-7-11(26-4)5-6-14(12)21-10)15-9-28-19(22-15)23-18(25)13-8-16(24)27-20(13,2)3/h5-7,9,13,21H,8H2,1-4H3,(H,22,23,25). The zero-order valence-corrected chi connectivity index (χ0v) is 16.9. The van der Waals surface area contributed by atoms with Gasteiger partial charge in [-0.1, -0.05) is 0 Å². The number of carbonyl (C=O) groups excluding carboxylic acids is 2. The molecule has 1 atom stereocenters. The summed E-state index contributed by atoms with van der Waals surface area (Å²) in [4.78, 5) is 32.2. The van der Waals surface area contributed by atoms with Crippen LogP contribution in [0.15, 0.2) is 23.6 Å². The van der Waals surface area contributed by atoms with Crippen LogP contribution in [0.5, 0.6) is 5.75 Å². The van der Waals surface area contributed by atoms with E-state index in [4.69, 9.17) is 9.47 Å². The number of nitrogens with zero attached hydrogens (tertiary/aromatic N) is 1. The number of hydrogen-bond acceptors (Lipinski definition) is 6. The first-order chi connectivity index (χ1) is 13.3. The number of methoxy groups -OCH3 is 1. The Balaban J connectivity index is 1.62. The van der Waals surface area contributed by atoms with Gasteiger partial charge in [-0.2, -0.15) is 0 Å². The molecule has 1 amide bonds. The van der Waals surface area contributed by atoms with Crippen molar-refractivity contribution in [2.24, 2.45) is 5.92 Å². The Morgan fingerprint density at radius 2 is 2.21 bits per heavy atom. The topological polar surface area (TPSA) is 93.3 Å². The van der Waals surface area contributed by atoms with Crippen LogP contribution in [-0.2, 0) is 14.3 Å². The maximum absolute atomic E-state index is 12.6. The molecule has 0 saturated carbocycles. The molecular formula is C20H21N3O4S. The zero-order chi connectivity index (χ0) is 20.1. The van der Waals surface area contributed by atoms with Crippen LogP contribution in [0.3, 0.4) is 0 Å². The van der Waals surface area contributed by atoms with Crippen molar-refractivity contribution < 1.29 is 19.1 Å². The Labute approximate surface area is 166 Å². The summed E-state index contributed by atoms with van der Waals surface area (Å²) in [6.45, 7) is 5.49. The molecule has 2 aromatic heterocycles. The highest BCUT2D eigenvalue weighted by atomic mass is 32.1. The highest BCUT2D eigenvalue weighted by Gasteiger charge is 2.46. The summed E-state index contributed by atoms with van der Waals surface area (Å²) in [5.74, 6) is -0.376. The number of thiazole rings is 1. The molecule has 1 unspecified atom stereocenters. The molecule has 28 heavy (non-hydrogen) atoms. The van der Waals surface area contributed by atoms with Gasteiger partial charge >= 0.3 is 5.97 Å². The van der Waals surface area contributed by atoms with Crippen LogP contribution < -0.4 is 10.1 Å². The van der Waals surface area contributed by atoms with E-state index < -0.39 is 11.5 Å². The van der Waals surface area contributed by atoms with Crippen molar-refractivity contribution in [3.05, 3.63) is 29.3 Å². The third-order valence-corrected chi connectivity index (χ3v) is 5.84. The molecule has 7 nitrogen and oxygen atoms in total. The molecule has 4 rings (SSSR count). The number of benzene rings is 1. The maximum Gasteiger partial charge on any atom is 0.307 e. The number of anilines is 1. The minimum Gasteiger partial charge on any atom is -0.497 e. The molecule has 0 radical (unpaired) electrons. The lowest BCUT2D eigenvalue weighted by Crippen LogP contribution is -2.36. The summed E-state index contributed by atoms with van der Waals surface area (Å²) < 4.78 is 10.6. The number of H-pyrrole nitrogens is 1. The number of ether oxygens (including phenoxy) is 2. The molecule has 1 fully saturated rings. The number of fused-ring (bicyclic) bond motifs is 1. The van der Waals surface area contributed by atoms with Crippen molar-refractivity contribution >= 4 is 39.2 Å². The number of aromatic amines is 1. The monoisotopic (exact) mass is 399 g/mol. The van der Waals surface area contributed by atoms with Gasteiger partial charge in [0.05, 0.1) is 25.1 Å². The van der Waals surface area contributed by atoms with Crippen LogP contribution in [0.1, 0.15) is 26.0 Å². The van der Waals surface area contributed by atoms with Gasteiger partial charge < -0.3 is 19.8 Å². The number of aryl methyl sites for hydroxylation is 1. The van der Waals surface area contributed by atoms with Crippen molar-refractivity contribution in [3.8, 4) is 17.0 Å². The van der Waals surface area contributed by atoms with Crippen LogP contribution in [0.4, 0.5) is 5.13 Å². The van der Waals surface area contributed by atoms with Crippen molar-refractivity contribution in [3.63, 3.8) is 0 Å². The van der Waals surface area contributed by atoms with Crippen LogP contribution in [-0.4, -0.2) is 34.6 Å².